The van der Waals surface area contributed by atoms with E-state index in [1.54, 1.807) is 19.1 Å². The lowest BCUT2D eigenvalue weighted by Crippen LogP contribution is -2.40. The molecular formula is C16H21N3O4. The van der Waals surface area contributed by atoms with Gasteiger partial charge in [-0.1, -0.05) is 0 Å². The van der Waals surface area contributed by atoms with E-state index in [0.717, 1.165) is 43.6 Å². The van der Waals surface area contributed by atoms with Crippen molar-refractivity contribution in [1.29, 1.82) is 0 Å². The number of fused-ring (bicyclic) bond motifs is 1. The molecule has 1 N–H and O–H groups in total. The first-order valence-electron chi connectivity index (χ1n) is 8.07. The molecule has 7 nitrogen and oxygen atoms in total. The van der Waals surface area contributed by atoms with E-state index in [-0.39, 0.29) is 22.5 Å². The molecular weight excluding hydrogens is 298 g/mol. The summed E-state index contributed by atoms with van der Waals surface area (Å²) in [7, 11) is 0. The fraction of sp³-hybridized carbons (Fsp3) is 0.562. The van der Waals surface area contributed by atoms with Gasteiger partial charge in [-0.05, 0) is 32.3 Å². The Kier molecular flexibility index (Phi) is 4.36. The van der Waals surface area contributed by atoms with E-state index in [1.807, 2.05) is 4.90 Å². The van der Waals surface area contributed by atoms with Crippen molar-refractivity contribution < 1.29 is 14.5 Å². The van der Waals surface area contributed by atoms with Crippen LogP contribution in [0.2, 0.25) is 0 Å². The normalized spacial score (nSPS) is 19.9. The molecule has 0 radical (unpaired) electrons. The Morgan fingerprint density at radius 1 is 1.52 bits per heavy atom. The summed E-state index contributed by atoms with van der Waals surface area (Å²) in [6.45, 7) is 4.15. The van der Waals surface area contributed by atoms with Crippen molar-refractivity contribution in [1.82, 2.24) is 0 Å². The highest BCUT2D eigenvalue weighted by Gasteiger charge is 2.33. The molecule has 23 heavy (non-hydrogen) atoms. The Balaban J connectivity index is 1.93. The van der Waals surface area contributed by atoms with Crippen molar-refractivity contribution in [3.05, 3.63) is 27.8 Å². The molecule has 2 aliphatic rings. The van der Waals surface area contributed by atoms with Gasteiger partial charge in [0.2, 0.25) is 0 Å². The van der Waals surface area contributed by atoms with E-state index >= 15 is 0 Å². The first-order valence-corrected chi connectivity index (χ1v) is 8.07. The Morgan fingerprint density at radius 3 is 3.09 bits per heavy atom. The number of hydrogen-bond donors (Lipinski definition) is 1. The third-order valence-corrected chi connectivity index (χ3v) is 4.51. The monoisotopic (exact) mass is 319 g/mol. The summed E-state index contributed by atoms with van der Waals surface area (Å²) in [6, 6.07) is 3.33. The van der Waals surface area contributed by atoms with Crippen LogP contribution in [-0.2, 0) is 16.0 Å². The van der Waals surface area contributed by atoms with Crippen LogP contribution in [0, 0.1) is 16.0 Å². The van der Waals surface area contributed by atoms with Crippen molar-refractivity contribution in [2.75, 3.05) is 36.5 Å². The molecule has 124 valence electrons. The zero-order valence-corrected chi connectivity index (χ0v) is 13.2. The average molecular weight is 319 g/mol. The Hall–Kier alpha value is -2.31. The summed E-state index contributed by atoms with van der Waals surface area (Å²) in [6.07, 6.45) is 2.38. The van der Waals surface area contributed by atoms with E-state index in [9.17, 15) is 14.9 Å². The van der Waals surface area contributed by atoms with Gasteiger partial charge in [0, 0.05) is 37.0 Å². The second-order valence-electron chi connectivity index (χ2n) is 5.93. The number of nitrogens with zero attached hydrogens (tertiary/aromatic N) is 2. The smallest absolute Gasteiger partial charge is 0.310 e. The van der Waals surface area contributed by atoms with Crippen LogP contribution in [0.25, 0.3) is 0 Å². The fourth-order valence-electron chi connectivity index (χ4n) is 3.50. The van der Waals surface area contributed by atoms with E-state index in [4.69, 9.17) is 4.74 Å². The summed E-state index contributed by atoms with van der Waals surface area (Å²) in [5.41, 5.74) is 2.75. The summed E-state index contributed by atoms with van der Waals surface area (Å²) in [4.78, 5) is 25.1. The minimum atomic E-state index is -0.331. The fourth-order valence-corrected chi connectivity index (χ4v) is 3.50. The standard InChI is InChI=1S/C16H21N3O4/c1-2-23-16(20)11-4-3-9-18(10-11)15-12-7-8-17-13(12)5-6-14(15)19(21)22/h5-6,11,17H,2-4,7-10H2,1H3. The number of carbonyl (C=O) groups is 1. The largest absolute Gasteiger partial charge is 0.466 e. The van der Waals surface area contributed by atoms with Crippen LogP contribution in [-0.4, -0.2) is 37.1 Å². The number of anilines is 2. The molecule has 1 aromatic rings. The third kappa shape index (κ3) is 2.95. The molecule has 0 bridgehead atoms. The summed E-state index contributed by atoms with van der Waals surface area (Å²) < 4.78 is 5.12. The summed E-state index contributed by atoms with van der Waals surface area (Å²) in [5.74, 6) is -0.418. The molecule has 1 fully saturated rings. The molecule has 2 aliphatic heterocycles. The van der Waals surface area contributed by atoms with Crippen molar-refractivity contribution in [2.45, 2.75) is 26.2 Å². The number of nitrogens with one attached hydrogen (secondary N) is 1. The lowest BCUT2D eigenvalue weighted by atomic mass is 9.96. The molecule has 7 heteroatoms. The predicted octanol–water partition coefficient (Wildman–Crippen LogP) is 2.34. The Labute approximate surface area is 134 Å². The second-order valence-corrected chi connectivity index (χ2v) is 5.93. The predicted molar refractivity (Wildman–Crippen MR) is 86.9 cm³/mol. The molecule has 0 aromatic heterocycles. The topological polar surface area (TPSA) is 84.7 Å². The number of nitro benzene ring substituents is 1. The molecule has 1 atom stereocenters. The zero-order valence-electron chi connectivity index (χ0n) is 13.2. The van der Waals surface area contributed by atoms with Crippen molar-refractivity contribution in [3.8, 4) is 0 Å². The van der Waals surface area contributed by atoms with Crippen LogP contribution in [0.5, 0.6) is 0 Å². The number of hydrogen-bond acceptors (Lipinski definition) is 6. The number of esters is 1. The van der Waals surface area contributed by atoms with E-state index in [2.05, 4.69) is 5.32 Å². The van der Waals surface area contributed by atoms with Crippen molar-refractivity contribution in [2.24, 2.45) is 5.92 Å². The van der Waals surface area contributed by atoms with Crippen LogP contribution in [0.1, 0.15) is 25.3 Å². The Morgan fingerprint density at radius 2 is 2.35 bits per heavy atom. The lowest BCUT2D eigenvalue weighted by Gasteiger charge is -2.34. The third-order valence-electron chi connectivity index (χ3n) is 4.51. The first-order chi connectivity index (χ1) is 11.1. The molecule has 0 aliphatic carbocycles. The molecule has 1 aromatic carbocycles. The quantitative estimate of drug-likeness (QED) is 0.521. The van der Waals surface area contributed by atoms with Gasteiger partial charge in [-0.15, -0.1) is 0 Å². The number of benzene rings is 1. The summed E-state index contributed by atoms with van der Waals surface area (Å²) >= 11 is 0. The maximum absolute atomic E-state index is 12.0. The van der Waals surface area contributed by atoms with Crippen molar-refractivity contribution in [3.63, 3.8) is 0 Å². The molecule has 3 rings (SSSR count). The number of nitro groups is 1. The summed E-state index contributed by atoms with van der Waals surface area (Å²) in [5, 5.41) is 14.7. The second kappa shape index (κ2) is 6.44. The maximum atomic E-state index is 12.0. The Bertz CT molecular complexity index is 632. The number of carbonyl (C=O) groups excluding carboxylic acids is 1. The molecule has 2 heterocycles. The van der Waals surface area contributed by atoms with Crippen LogP contribution in [0.4, 0.5) is 17.1 Å². The SMILES string of the molecule is CCOC(=O)C1CCCN(c2c([N+](=O)[O-])ccc3c2CCN3)C1. The van der Waals surface area contributed by atoms with Crippen LogP contribution in [0.15, 0.2) is 12.1 Å². The molecule has 0 amide bonds. The van der Waals surface area contributed by atoms with E-state index < -0.39 is 0 Å². The van der Waals surface area contributed by atoms with Gasteiger partial charge in [0.25, 0.3) is 5.69 Å². The molecule has 0 saturated carbocycles. The number of piperidine rings is 1. The molecule has 1 saturated heterocycles. The number of ether oxygens (including phenoxy) is 1. The average Bonchev–Trinajstić information content (AvgIpc) is 3.02. The van der Waals surface area contributed by atoms with Gasteiger partial charge >= 0.3 is 5.97 Å². The molecule has 1 unspecified atom stereocenters. The van der Waals surface area contributed by atoms with Gasteiger partial charge in [0.1, 0.15) is 5.69 Å². The van der Waals surface area contributed by atoms with Crippen LogP contribution in [0.3, 0.4) is 0 Å². The highest BCUT2D eigenvalue weighted by atomic mass is 16.6. The number of rotatable bonds is 4. The van der Waals surface area contributed by atoms with E-state index in [0.29, 0.717) is 18.8 Å². The lowest BCUT2D eigenvalue weighted by molar-refractivity contribution is -0.384. The van der Waals surface area contributed by atoms with Gasteiger partial charge < -0.3 is 15.0 Å². The van der Waals surface area contributed by atoms with Gasteiger partial charge in [-0.3, -0.25) is 14.9 Å². The highest BCUT2D eigenvalue weighted by Crippen LogP contribution is 2.41. The van der Waals surface area contributed by atoms with Crippen LogP contribution >= 0.6 is 0 Å². The van der Waals surface area contributed by atoms with Gasteiger partial charge in [-0.2, -0.15) is 0 Å². The van der Waals surface area contributed by atoms with Crippen LogP contribution < -0.4 is 10.2 Å². The zero-order chi connectivity index (χ0) is 16.4. The molecule has 0 spiro atoms. The minimum absolute atomic E-state index is 0.122. The van der Waals surface area contributed by atoms with Gasteiger partial charge in [0.15, 0.2) is 0 Å². The maximum Gasteiger partial charge on any atom is 0.310 e. The van der Waals surface area contributed by atoms with Gasteiger partial charge in [-0.25, -0.2) is 0 Å². The highest BCUT2D eigenvalue weighted by molar-refractivity contribution is 5.79. The first kappa shape index (κ1) is 15.6. The van der Waals surface area contributed by atoms with Gasteiger partial charge in [0.05, 0.1) is 17.4 Å². The van der Waals surface area contributed by atoms with E-state index in [1.165, 1.54) is 0 Å². The minimum Gasteiger partial charge on any atom is -0.466 e. The van der Waals surface area contributed by atoms with Crippen molar-refractivity contribution >= 4 is 23.0 Å².